The number of rotatable bonds is 1. The molecule has 19 heavy (non-hydrogen) atoms. The van der Waals surface area contributed by atoms with E-state index in [0.717, 1.165) is 6.54 Å². The first kappa shape index (κ1) is 11.9. The van der Waals surface area contributed by atoms with Gasteiger partial charge in [-0.2, -0.15) is 0 Å². The van der Waals surface area contributed by atoms with E-state index in [1.807, 2.05) is 11.9 Å². The van der Waals surface area contributed by atoms with Crippen LogP contribution in [0.1, 0.15) is 0 Å². The molecule has 0 saturated carbocycles. The van der Waals surface area contributed by atoms with Crippen molar-refractivity contribution in [1.29, 1.82) is 0 Å². The zero-order chi connectivity index (χ0) is 13.6. The van der Waals surface area contributed by atoms with Crippen molar-refractivity contribution < 1.29 is 14.5 Å². The molecule has 1 atom stereocenters. The third-order valence-electron chi connectivity index (χ3n) is 3.41. The molecular formula is C12H13N3O4. The van der Waals surface area contributed by atoms with E-state index in [4.69, 9.17) is 4.74 Å². The average molecular weight is 263 g/mol. The predicted molar refractivity (Wildman–Crippen MR) is 67.4 cm³/mol. The van der Waals surface area contributed by atoms with Gasteiger partial charge in [0.05, 0.1) is 29.3 Å². The molecule has 7 heteroatoms. The van der Waals surface area contributed by atoms with Crippen LogP contribution in [0.4, 0.5) is 11.4 Å². The highest BCUT2D eigenvalue weighted by molar-refractivity contribution is 5.98. The molecular weight excluding hydrogens is 250 g/mol. The molecule has 0 aliphatic carbocycles. The van der Waals surface area contributed by atoms with Gasteiger partial charge in [0.2, 0.25) is 5.91 Å². The molecule has 2 aliphatic rings. The minimum absolute atomic E-state index is 0.00264. The van der Waals surface area contributed by atoms with Crippen molar-refractivity contribution in [3.63, 3.8) is 0 Å². The van der Waals surface area contributed by atoms with Gasteiger partial charge in [0, 0.05) is 12.6 Å². The Balaban J connectivity index is 2.00. The van der Waals surface area contributed by atoms with Crippen LogP contribution in [-0.4, -0.2) is 48.5 Å². The number of fused-ring (bicyclic) bond motifs is 3. The van der Waals surface area contributed by atoms with Crippen LogP contribution < -0.4 is 9.64 Å². The monoisotopic (exact) mass is 263 g/mol. The first-order valence-electron chi connectivity index (χ1n) is 5.98. The van der Waals surface area contributed by atoms with Crippen molar-refractivity contribution >= 4 is 17.3 Å². The first-order valence-corrected chi connectivity index (χ1v) is 5.98. The number of non-ortho nitro benzene ring substituents is 1. The number of carbonyl (C=O) groups excluding carboxylic acids is 1. The largest absolute Gasteiger partial charge is 0.489 e. The van der Waals surface area contributed by atoms with E-state index < -0.39 is 4.92 Å². The van der Waals surface area contributed by atoms with Crippen LogP contribution in [0, 0.1) is 10.1 Å². The normalized spacial score (nSPS) is 22.5. The van der Waals surface area contributed by atoms with Crippen molar-refractivity contribution in [2.45, 2.75) is 6.04 Å². The summed E-state index contributed by atoms with van der Waals surface area (Å²) in [6, 6.07) is 4.33. The molecule has 1 saturated heterocycles. The van der Waals surface area contributed by atoms with Crippen LogP contribution in [0.5, 0.6) is 5.75 Å². The summed E-state index contributed by atoms with van der Waals surface area (Å²) in [5.41, 5.74) is 0.596. The molecule has 1 aromatic rings. The van der Waals surface area contributed by atoms with E-state index in [1.54, 1.807) is 11.0 Å². The Morgan fingerprint density at radius 1 is 1.47 bits per heavy atom. The highest BCUT2D eigenvalue weighted by Crippen LogP contribution is 2.37. The Hall–Kier alpha value is -2.15. The topological polar surface area (TPSA) is 75.9 Å². The molecule has 7 nitrogen and oxygen atoms in total. The zero-order valence-electron chi connectivity index (χ0n) is 10.4. The van der Waals surface area contributed by atoms with Gasteiger partial charge < -0.3 is 4.74 Å². The molecule has 1 fully saturated rings. The lowest BCUT2D eigenvalue weighted by molar-refractivity contribution is -0.384. The Morgan fingerprint density at radius 3 is 3.00 bits per heavy atom. The van der Waals surface area contributed by atoms with Crippen molar-refractivity contribution in [3.05, 3.63) is 28.3 Å². The summed E-state index contributed by atoms with van der Waals surface area (Å²) in [6.07, 6.45) is 0. The van der Waals surface area contributed by atoms with Gasteiger partial charge in [-0.05, 0) is 13.1 Å². The molecule has 0 unspecified atom stereocenters. The Bertz CT molecular complexity index is 560. The number of likely N-dealkylation sites (N-methyl/N-ethyl adjacent to an activating group) is 1. The predicted octanol–water partition coefficient (Wildman–Crippen LogP) is 0.634. The summed E-state index contributed by atoms with van der Waals surface area (Å²) in [5.74, 6) is 0.403. The lowest BCUT2D eigenvalue weighted by atomic mass is 10.1. The highest BCUT2D eigenvalue weighted by Gasteiger charge is 2.37. The summed E-state index contributed by atoms with van der Waals surface area (Å²) in [6.45, 7) is 1.46. The number of nitro benzene ring substituents is 1. The molecule has 0 radical (unpaired) electrons. The van der Waals surface area contributed by atoms with Gasteiger partial charge >= 0.3 is 0 Å². The molecule has 0 aromatic heterocycles. The molecule has 3 rings (SSSR count). The second kappa shape index (κ2) is 4.20. The number of piperazine rings is 1. The van der Waals surface area contributed by atoms with Crippen molar-refractivity contribution in [2.24, 2.45) is 0 Å². The number of hydrogen-bond acceptors (Lipinski definition) is 5. The van der Waals surface area contributed by atoms with Crippen molar-refractivity contribution in [3.8, 4) is 5.75 Å². The molecule has 100 valence electrons. The van der Waals surface area contributed by atoms with Gasteiger partial charge in [0.25, 0.3) is 5.69 Å². The second-order valence-electron chi connectivity index (χ2n) is 4.83. The SMILES string of the molecule is CN1CC(=O)N2c3ccc([N+](=O)[O-])cc3OC[C@@H]2C1. The lowest BCUT2D eigenvalue weighted by Crippen LogP contribution is -2.59. The molecule has 0 spiro atoms. The third-order valence-corrected chi connectivity index (χ3v) is 3.41. The number of hydrogen-bond donors (Lipinski definition) is 0. The second-order valence-corrected chi connectivity index (χ2v) is 4.83. The van der Waals surface area contributed by atoms with Gasteiger partial charge in [-0.1, -0.05) is 0 Å². The Kier molecular flexibility index (Phi) is 2.63. The van der Waals surface area contributed by atoms with E-state index in [9.17, 15) is 14.9 Å². The number of benzene rings is 1. The van der Waals surface area contributed by atoms with E-state index >= 15 is 0 Å². The fraction of sp³-hybridized carbons (Fsp3) is 0.417. The van der Waals surface area contributed by atoms with Gasteiger partial charge in [0.1, 0.15) is 12.4 Å². The number of ether oxygens (including phenoxy) is 1. The van der Waals surface area contributed by atoms with Crippen LogP contribution >= 0.6 is 0 Å². The summed E-state index contributed by atoms with van der Waals surface area (Å²) < 4.78 is 5.56. The van der Waals surface area contributed by atoms with E-state index in [1.165, 1.54) is 12.1 Å². The summed E-state index contributed by atoms with van der Waals surface area (Å²) in [4.78, 5) is 26.0. The first-order chi connectivity index (χ1) is 9.06. The molecule has 2 aliphatic heterocycles. The fourth-order valence-corrected chi connectivity index (χ4v) is 2.59. The molecule has 0 bridgehead atoms. The van der Waals surface area contributed by atoms with Crippen LogP contribution in [0.2, 0.25) is 0 Å². The molecule has 1 amide bonds. The number of anilines is 1. The average Bonchev–Trinajstić information content (AvgIpc) is 2.36. The summed E-state index contributed by atoms with van der Waals surface area (Å²) in [7, 11) is 1.89. The lowest BCUT2D eigenvalue weighted by Gasteiger charge is -2.42. The number of carbonyl (C=O) groups is 1. The minimum Gasteiger partial charge on any atom is -0.489 e. The summed E-state index contributed by atoms with van der Waals surface area (Å²) in [5, 5.41) is 10.7. The van der Waals surface area contributed by atoms with E-state index in [0.29, 0.717) is 24.6 Å². The summed E-state index contributed by atoms with van der Waals surface area (Å²) >= 11 is 0. The van der Waals surface area contributed by atoms with Crippen molar-refractivity contribution in [1.82, 2.24) is 4.90 Å². The van der Waals surface area contributed by atoms with E-state index in [2.05, 4.69) is 0 Å². The standard InChI is InChI=1S/C12H13N3O4/c1-13-5-9-7-19-11-4-8(15(17)18)2-3-10(11)14(9)12(16)6-13/h2-4,9H,5-7H2,1H3/t9-/m0/s1. The van der Waals surface area contributed by atoms with Gasteiger partial charge in [0.15, 0.2) is 0 Å². The maximum absolute atomic E-state index is 12.1. The van der Waals surface area contributed by atoms with Crippen LogP contribution in [0.15, 0.2) is 18.2 Å². The van der Waals surface area contributed by atoms with Crippen LogP contribution in [0.25, 0.3) is 0 Å². The van der Waals surface area contributed by atoms with Crippen LogP contribution in [0.3, 0.4) is 0 Å². The maximum atomic E-state index is 12.1. The maximum Gasteiger partial charge on any atom is 0.273 e. The highest BCUT2D eigenvalue weighted by atomic mass is 16.6. The van der Waals surface area contributed by atoms with Gasteiger partial charge in [-0.3, -0.25) is 24.7 Å². The van der Waals surface area contributed by atoms with Gasteiger partial charge in [-0.15, -0.1) is 0 Å². The fourth-order valence-electron chi connectivity index (χ4n) is 2.59. The third kappa shape index (κ3) is 1.91. The smallest absolute Gasteiger partial charge is 0.273 e. The number of nitro groups is 1. The molecule has 1 aromatic carbocycles. The number of nitrogens with zero attached hydrogens (tertiary/aromatic N) is 3. The molecule has 0 N–H and O–H groups in total. The Morgan fingerprint density at radius 2 is 2.26 bits per heavy atom. The van der Waals surface area contributed by atoms with Crippen LogP contribution in [-0.2, 0) is 4.79 Å². The van der Waals surface area contributed by atoms with Gasteiger partial charge in [-0.25, -0.2) is 0 Å². The number of amides is 1. The molecule has 2 heterocycles. The Labute approximate surface area is 109 Å². The van der Waals surface area contributed by atoms with Crippen molar-refractivity contribution in [2.75, 3.05) is 31.6 Å². The minimum atomic E-state index is -0.471. The zero-order valence-corrected chi connectivity index (χ0v) is 10.4. The van der Waals surface area contributed by atoms with E-state index in [-0.39, 0.29) is 17.6 Å². The quantitative estimate of drug-likeness (QED) is 0.549.